The molecule has 1 aromatic heterocycles. The molecule has 0 spiro atoms. The molecule has 4 bridgehead atoms. The van der Waals surface area contributed by atoms with Gasteiger partial charge >= 0.3 is 24.0 Å². The van der Waals surface area contributed by atoms with Gasteiger partial charge in [-0.3, -0.25) is 24.5 Å². The number of hydrogen-bond donors (Lipinski definition) is 6. The molecule has 2 saturated heterocycles. The van der Waals surface area contributed by atoms with Gasteiger partial charge in [0.05, 0.1) is 42.9 Å². The summed E-state index contributed by atoms with van der Waals surface area (Å²) in [6, 6.07) is 4.64. The van der Waals surface area contributed by atoms with E-state index in [1.807, 2.05) is 13.0 Å². The minimum atomic E-state index is -1.90. The van der Waals surface area contributed by atoms with Gasteiger partial charge in [0.1, 0.15) is 40.7 Å². The summed E-state index contributed by atoms with van der Waals surface area (Å²) in [6.07, 6.45) is 1.36. The van der Waals surface area contributed by atoms with Gasteiger partial charge < -0.3 is 64.1 Å². The first-order chi connectivity index (χ1) is 35.4. The SMILES string of the molecule is COc1cc2cc(c1Cl)N(C)C(=O)CC(OC(=O)C(C)N(C)C(=O)CCSC(CC(=O)O)C(=O)NCC1CCC(C(=O)On3c(O)ccc3O)CC1)C1(C)OC1C(C)C1CC(O)(NC(=O)O1)C(OC)C=CC=C(C)C2. The Morgan fingerprint density at radius 2 is 1.76 bits per heavy atom. The second kappa shape index (κ2) is 24.8. The van der Waals surface area contributed by atoms with Gasteiger partial charge in [-0.15, -0.1) is 16.5 Å². The molecule has 9 atom stereocenters. The van der Waals surface area contributed by atoms with Gasteiger partial charge in [0.2, 0.25) is 29.5 Å². The van der Waals surface area contributed by atoms with Crippen molar-refractivity contribution in [1.29, 1.82) is 0 Å². The molecular weight excluding hydrogens is 1020 g/mol. The molecule has 4 aliphatic rings. The van der Waals surface area contributed by atoms with Gasteiger partial charge in [0.25, 0.3) is 0 Å². The molecular formula is C51H68ClN5O17S. The number of thioether (sulfide) groups is 1. The summed E-state index contributed by atoms with van der Waals surface area (Å²) in [5, 5.41) is 45.5. The molecule has 75 heavy (non-hydrogen) atoms. The zero-order chi connectivity index (χ0) is 55.1. The number of nitrogens with one attached hydrogen (secondary N) is 2. The summed E-state index contributed by atoms with van der Waals surface area (Å²) in [6.45, 7) is 6.95. The van der Waals surface area contributed by atoms with Crippen LogP contribution >= 0.6 is 23.4 Å². The number of carboxylic acid groups (broad SMARTS) is 1. The van der Waals surface area contributed by atoms with Crippen molar-refractivity contribution in [2.24, 2.45) is 17.8 Å². The Hall–Kier alpha value is -6.01. The number of epoxide rings is 1. The molecule has 2 aromatic rings. The average Bonchev–Trinajstić information content (AvgIpc) is 3.97. The number of carboxylic acids is 1. The Morgan fingerprint density at radius 3 is 2.40 bits per heavy atom. The van der Waals surface area contributed by atoms with Gasteiger partial charge in [-0.05, 0) is 76.5 Å². The van der Waals surface area contributed by atoms with Crippen LogP contribution in [0, 0.1) is 17.8 Å². The maximum atomic E-state index is 14.4. The summed E-state index contributed by atoms with van der Waals surface area (Å²) < 4.78 is 30.0. The number of halogens is 1. The number of aromatic nitrogens is 1. The quantitative estimate of drug-likeness (QED) is 0.101. The zero-order valence-corrected chi connectivity index (χ0v) is 44.8. The lowest BCUT2D eigenvalue weighted by molar-refractivity contribution is -0.162. The number of aliphatic hydroxyl groups is 1. The van der Waals surface area contributed by atoms with Crippen LogP contribution in [0.25, 0.3) is 0 Å². The highest BCUT2D eigenvalue weighted by molar-refractivity contribution is 8.00. The highest BCUT2D eigenvalue weighted by Gasteiger charge is 2.64. The number of ether oxygens (including phenoxy) is 5. The molecule has 0 radical (unpaired) electrons. The third-order valence-electron chi connectivity index (χ3n) is 14.5. The number of hydrogen-bond acceptors (Lipinski definition) is 17. The molecule has 6 rings (SSSR count). The number of benzene rings is 1. The molecule has 24 heteroatoms. The molecule has 6 N–H and O–H groups in total. The fourth-order valence-corrected chi connectivity index (χ4v) is 11.1. The van der Waals surface area contributed by atoms with Gasteiger partial charge in [-0.25, -0.2) is 14.4 Å². The number of carbonyl (C=O) groups excluding carboxylic acids is 6. The number of anilines is 1. The van der Waals surface area contributed by atoms with Crippen LogP contribution in [0.3, 0.4) is 0 Å². The molecule has 412 valence electrons. The minimum Gasteiger partial charge on any atom is -0.495 e. The van der Waals surface area contributed by atoms with E-state index < -0.39 is 125 Å². The Balaban J connectivity index is 1.11. The van der Waals surface area contributed by atoms with Crippen LogP contribution in [0.4, 0.5) is 10.5 Å². The lowest BCUT2D eigenvalue weighted by Gasteiger charge is -2.42. The summed E-state index contributed by atoms with van der Waals surface area (Å²) >= 11 is 7.78. The summed E-state index contributed by atoms with van der Waals surface area (Å²) in [4.78, 5) is 101. The zero-order valence-electron chi connectivity index (χ0n) is 43.2. The Kier molecular flexibility index (Phi) is 19.2. The number of methoxy groups -OCH3 is 2. The van der Waals surface area contributed by atoms with E-state index in [9.17, 15) is 54.0 Å². The standard InChI is InChI=1S/C51H68ClN5O17S/c1-27-10-9-11-37(70-8)51(68)25-35(71-49(67)54-51)28(2)45-50(4,73-45)38(24-42(61)56(6)33-21-31(20-27)22-34(69-7)44(33)52)72-47(65)29(3)55(5)39(58)18-19-75-36(23-43(62)63)46(64)53-26-30-12-14-32(15-13-30)48(66)74-57-40(59)16-17-41(57)60/h9-11,16-17,21-22,28-30,32,35-38,45,59-60,68H,12-15,18-20,23-26H2,1-8H3,(H,53,64)(H,54,67)(H,62,63). The number of aromatic hydroxyl groups is 2. The number of fused-ring (bicyclic) bond motifs is 5. The van der Waals surface area contributed by atoms with Gasteiger partial charge in [-0.2, -0.15) is 0 Å². The highest BCUT2D eigenvalue weighted by atomic mass is 35.5. The average molecular weight is 1090 g/mol. The smallest absolute Gasteiger partial charge is 0.409 e. The van der Waals surface area contributed by atoms with Crippen LogP contribution in [0.2, 0.25) is 5.02 Å². The lowest BCUT2D eigenvalue weighted by atomic mass is 9.82. The Labute approximate surface area is 443 Å². The van der Waals surface area contributed by atoms with E-state index in [-0.39, 0.29) is 36.1 Å². The maximum Gasteiger partial charge on any atom is 0.409 e. The van der Waals surface area contributed by atoms with Crippen LogP contribution in [0.15, 0.2) is 48.1 Å². The first kappa shape index (κ1) is 58.3. The van der Waals surface area contributed by atoms with Crippen molar-refractivity contribution in [3.8, 4) is 17.5 Å². The van der Waals surface area contributed by atoms with Crippen LogP contribution in [0.5, 0.6) is 17.5 Å². The van der Waals surface area contributed by atoms with Crippen molar-refractivity contribution >= 4 is 70.8 Å². The number of amides is 4. The number of alkyl carbamates (subject to hydrolysis) is 1. The van der Waals surface area contributed by atoms with Crippen LogP contribution in [0.1, 0.15) is 84.6 Å². The topological polar surface area (TPSA) is 295 Å². The molecule has 9 unspecified atom stereocenters. The first-order valence-electron chi connectivity index (χ1n) is 24.7. The normalized spacial score (nSPS) is 27.8. The van der Waals surface area contributed by atoms with Crippen LogP contribution in [-0.4, -0.2) is 159 Å². The number of carbonyl (C=O) groups is 7. The van der Waals surface area contributed by atoms with E-state index in [0.29, 0.717) is 48.3 Å². The van der Waals surface area contributed by atoms with Gasteiger partial charge in [0.15, 0.2) is 5.72 Å². The summed E-state index contributed by atoms with van der Waals surface area (Å²) in [7, 11) is 5.77. The van der Waals surface area contributed by atoms with Crippen molar-refractivity contribution < 1.29 is 82.5 Å². The number of likely N-dealkylation sites (N-methyl/N-ethyl adjacent to an activating group) is 1. The molecule has 1 saturated carbocycles. The van der Waals surface area contributed by atoms with E-state index >= 15 is 0 Å². The third-order valence-corrected chi connectivity index (χ3v) is 16.1. The van der Waals surface area contributed by atoms with E-state index in [2.05, 4.69) is 10.6 Å². The van der Waals surface area contributed by atoms with Crippen molar-refractivity contribution in [2.75, 3.05) is 45.5 Å². The number of nitrogens with zero attached hydrogens (tertiary/aromatic N) is 3. The van der Waals surface area contributed by atoms with Crippen molar-refractivity contribution in [3.63, 3.8) is 0 Å². The number of rotatable bonds is 16. The molecule has 3 aliphatic heterocycles. The monoisotopic (exact) mass is 1090 g/mol. The third kappa shape index (κ3) is 14.1. The fraction of sp³-hybridized carbons (Fsp3) is 0.588. The van der Waals surface area contributed by atoms with Crippen molar-refractivity contribution in [3.05, 3.63) is 58.7 Å². The summed E-state index contributed by atoms with van der Waals surface area (Å²) in [5.41, 5.74) is -1.30. The molecule has 1 aliphatic carbocycles. The van der Waals surface area contributed by atoms with E-state index in [1.165, 1.54) is 52.3 Å². The van der Waals surface area contributed by atoms with Gasteiger partial charge in [0, 0.05) is 64.4 Å². The summed E-state index contributed by atoms with van der Waals surface area (Å²) in [5.74, 6) is -5.97. The molecule has 3 fully saturated rings. The predicted molar refractivity (Wildman–Crippen MR) is 272 cm³/mol. The van der Waals surface area contributed by atoms with E-state index in [0.717, 1.165) is 27.8 Å². The first-order valence-corrected chi connectivity index (χ1v) is 26.1. The van der Waals surface area contributed by atoms with Crippen molar-refractivity contribution in [2.45, 2.75) is 133 Å². The van der Waals surface area contributed by atoms with Crippen molar-refractivity contribution in [1.82, 2.24) is 20.3 Å². The Bertz CT molecular complexity index is 2510. The number of aliphatic carboxylic acids is 1. The molecule has 4 amide bonds. The second-order valence-electron chi connectivity index (χ2n) is 19.8. The number of allylic oxidation sites excluding steroid dienone is 3. The highest BCUT2D eigenvalue weighted by Crippen LogP contribution is 2.49. The van der Waals surface area contributed by atoms with Crippen LogP contribution in [-0.2, 0) is 54.1 Å². The minimum absolute atomic E-state index is 0.0156. The molecule has 4 heterocycles. The second-order valence-corrected chi connectivity index (χ2v) is 21.5. The van der Waals surface area contributed by atoms with Gasteiger partial charge in [-0.1, -0.05) is 42.3 Å². The number of esters is 1. The van der Waals surface area contributed by atoms with E-state index in [4.69, 9.17) is 40.1 Å². The lowest BCUT2D eigenvalue weighted by Crippen LogP contribution is -2.63. The van der Waals surface area contributed by atoms with E-state index in [1.54, 1.807) is 38.1 Å². The molecule has 22 nitrogen and oxygen atoms in total. The largest absolute Gasteiger partial charge is 0.495 e. The fourth-order valence-electron chi connectivity index (χ4n) is 9.69. The van der Waals surface area contributed by atoms with Crippen LogP contribution < -0.4 is 25.1 Å². The molecule has 1 aromatic carbocycles. The maximum absolute atomic E-state index is 14.4. The Morgan fingerprint density at radius 1 is 1.08 bits per heavy atom. The predicted octanol–water partition coefficient (Wildman–Crippen LogP) is 4.27.